The maximum atomic E-state index is 13.7. The van der Waals surface area contributed by atoms with Crippen LogP contribution in [0.25, 0.3) is 55.6 Å². The summed E-state index contributed by atoms with van der Waals surface area (Å²) in [5.41, 5.74) is 5.53. The van der Waals surface area contributed by atoms with E-state index in [0.717, 1.165) is 38.5 Å². The lowest BCUT2D eigenvalue weighted by atomic mass is 9.96. The number of anilines is 1. The lowest BCUT2D eigenvalue weighted by Crippen LogP contribution is -2.25. The van der Waals surface area contributed by atoms with E-state index in [4.69, 9.17) is 4.42 Å². The third-order valence-corrected chi connectivity index (χ3v) is 9.32. The van der Waals surface area contributed by atoms with Crippen molar-refractivity contribution >= 4 is 59.4 Å². The first kappa shape index (κ1) is 27.7. The Balaban J connectivity index is 1.62. The molecule has 0 aliphatic rings. The molecule has 6 rings (SSSR count). The Kier molecular flexibility index (Phi) is 6.90. The van der Waals surface area contributed by atoms with Gasteiger partial charge in [0.2, 0.25) is 10.0 Å². The summed E-state index contributed by atoms with van der Waals surface area (Å²) >= 11 is 3.73. The Morgan fingerprint density at radius 1 is 0.929 bits per heavy atom. The molecule has 42 heavy (non-hydrogen) atoms. The summed E-state index contributed by atoms with van der Waals surface area (Å²) in [6, 6.07) is 24.7. The molecule has 212 valence electrons. The monoisotopic (exact) mass is 645 g/mol. The largest absolute Gasteiger partial charge is 0.455 e. The van der Waals surface area contributed by atoms with Gasteiger partial charge in [-0.25, -0.2) is 12.8 Å². The minimum absolute atomic E-state index is 0.255. The number of amides is 1. The van der Waals surface area contributed by atoms with E-state index < -0.39 is 15.8 Å². The topological polar surface area (TPSA) is 95.4 Å². The number of halogens is 2. The molecule has 0 aliphatic carbocycles. The number of nitrogens with one attached hydrogen (secondary N) is 2. The Morgan fingerprint density at radius 2 is 1.64 bits per heavy atom. The molecule has 2 aromatic heterocycles. The number of furan rings is 1. The fourth-order valence-corrected chi connectivity index (χ4v) is 6.29. The number of sulfonamides is 1. The van der Waals surface area contributed by atoms with Crippen molar-refractivity contribution in [2.24, 2.45) is 0 Å². The molecule has 7 nitrogen and oxygen atoms in total. The van der Waals surface area contributed by atoms with Gasteiger partial charge < -0.3 is 14.7 Å². The fourth-order valence-electron chi connectivity index (χ4n) is 5.11. The first-order valence-corrected chi connectivity index (χ1v) is 15.6. The van der Waals surface area contributed by atoms with E-state index in [1.807, 2.05) is 48.5 Å². The second kappa shape index (κ2) is 10.5. The zero-order valence-electron chi connectivity index (χ0n) is 22.8. The van der Waals surface area contributed by atoms with Crippen molar-refractivity contribution in [1.29, 1.82) is 0 Å². The summed E-state index contributed by atoms with van der Waals surface area (Å²) in [5.74, 6) is -0.554. The normalized spacial score (nSPS) is 11.7. The van der Waals surface area contributed by atoms with Crippen molar-refractivity contribution in [3.63, 3.8) is 0 Å². The summed E-state index contributed by atoms with van der Waals surface area (Å²) in [6.07, 6.45) is 1.13. The lowest BCUT2D eigenvalue weighted by molar-refractivity contribution is 0.0964. The molecule has 0 unspecified atom stereocenters. The highest BCUT2D eigenvalue weighted by atomic mass is 79.9. The van der Waals surface area contributed by atoms with Gasteiger partial charge in [-0.3, -0.25) is 9.10 Å². The van der Waals surface area contributed by atoms with Gasteiger partial charge in [0.15, 0.2) is 0 Å². The molecular weight excluding hydrogens is 621 g/mol. The summed E-state index contributed by atoms with van der Waals surface area (Å²) in [6.45, 7) is 0. The summed E-state index contributed by atoms with van der Waals surface area (Å²) in [7, 11) is -0.674. The van der Waals surface area contributed by atoms with Crippen LogP contribution in [0.4, 0.5) is 10.1 Å². The maximum absolute atomic E-state index is 13.7. The fraction of sp³-hybridized carbons (Fsp3) is 0.0938. The van der Waals surface area contributed by atoms with E-state index in [0.29, 0.717) is 27.8 Å². The maximum Gasteiger partial charge on any atom is 0.255 e. The van der Waals surface area contributed by atoms with Crippen LogP contribution in [0.1, 0.15) is 10.4 Å². The van der Waals surface area contributed by atoms with Gasteiger partial charge in [0.05, 0.1) is 27.7 Å². The lowest BCUT2D eigenvalue weighted by Gasteiger charge is -2.21. The SMILES string of the molecule is CNC(=O)c1c(-c2ccc(F)cc2)oc2cc(N(C)S(C)(=O)=O)c(-c3cccc(-c4[nH]c5ccccc5c4Br)c3)cc12. The molecular formula is C32H25BrFN3O4S. The first-order chi connectivity index (χ1) is 20.1. The zero-order valence-corrected chi connectivity index (χ0v) is 25.2. The number of aromatic amines is 1. The molecule has 0 saturated carbocycles. The number of fused-ring (bicyclic) bond motifs is 2. The number of H-pyrrole nitrogens is 1. The smallest absolute Gasteiger partial charge is 0.255 e. The molecule has 0 atom stereocenters. The molecule has 0 fully saturated rings. The second-order valence-electron chi connectivity index (χ2n) is 9.93. The average Bonchev–Trinajstić information content (AvgIpc) is 3.53. The third-order valence-electron chi connectivity index (χ3n) is 7.31. The van der Waals surface area contributed by atoms with Gasteiger partial charge in [-0.05, 0) is 69.5 Å². The number of hydrogen-bond acceptors (Lipinski definition) is 4. The average molecular weight is 647 g/mol. The Bertz CT molecular complexity index is 2120. The van der Waals surface area contributed by atoms with E-state index in [1.165, 1.54) is 42.7 Å². The molecule has 10 heteroatoms. The standard InChI is InChI=1S/C32H25BrFN3O4S/c1-35-32(38)28-24-16-23(19-7-6-8-20(15-19)30-29(33)22-9-4-5-10-25(22)36-30)26(37(2)42(3,39)40)17-27(24)41-31(28)18-11-13-21(34)14-12-18/h4-17,36H,1-3H3,(H,35,38). The van der Waals surface area contributed by atoms with Gasteiger partial charge in [-0.15, -0.1) is 0 Å². The number of benzene rings is 4. The molecule has 2 heterocycles. The molecule has 0 radical (unpaired) electrons. The molecule has 0 aliphatic heterocycles. The van der Waals surface area contributed by atoms with Crippen LogP contribution in [0, 0.1) is 5.82 Å². The van der Waals surface area contributed by atoms with Crippen LogP contribution in [0.2, 0.25) is 0 Å². The van der Waals surface area contributed by atoms with E-state index >= 15 is 0 Å². The van der Waals surface area contributed by atoms with E-state index in [9.17, 15) is 17.6 Å². The summed E-state index contributed by atoms with van der Waals surface area (Å²) in [5, 5.41) is 4.20. The number of hydrogen-bond donors (Lipinski definition) is 2. The minimum atomic E-state index is -3.67. The highest BCUT2D eigenvalue weighted by Crippen LogP contribution is 2.43. The van der Waals surface area contributed by atoms with Crippen molar-refractivity contribution in [1.82, 2.24) is 10.3 Å². The minimum Gasteiger partial charge on any atom is -0.455 e. The highest BCUT2D eigenvalue weighted by Gasteiger charge is 2.26. The van der Waals surface area contributed by atoms with Crippen LogP contribution >= 0.6 is 15.9 Å². The van der Waals surface area contributed by atoms with Gasteiger partial charge in [0.1, 0.15) is 17.2 Å². The molecule has 0 bridgehead atoms. The number of carbonyl (C=O) groups excluding carboxylic acids is 1. The van der Waals surface area contributed by atoms with Crippen molar-refractivity contribution in [3.05, 3.63) is 101 Å². The Morgan fingerprint density at radius 3 is 2.33 bits per heavy atom. The third kappa shape index (κ3) is 4.76. The van der Waals surface area contributed by atoms with Crippen LogP contribution in [0.5, 0.6) is 0 Å². The predicted octanol–water partition coefficient (Wildman–Crippen LogP) is 7.57. The van der Waals surface area contributed by atoms with Crippen molar-refractivity contribution < 1.29 is 22.0 Å². The van der Waals surface area contributed by atoms with Crippen LogP contribution in [-0.4, -0.2) is 39.7 Å². The molecule has 0 spiro atoms. The highest BCUT2D eigenvalue weighted by molar-refractivity contribution is 9.10. The quantitative estimate of drug-likeness (QED) is 0.195. The summed E-state index contributed by atoms with van der Waals surface area (Å²) in [4.78, 5) is 16.6. The van der Waals surface area contributed by atoms with E-state index in [1.54, 1.807) is 12.1 Å². The van der Waals surface area contributed by atoms with Crippen molar-refractivity contribution in [2.75, 3.05) is 24.7 Å². The molecule has 1 amide bonds. The molecule has 4 aromatic carbocycles. The van der Waals surface area contributed by atoms with Crippen molar-refractivity contribution in [3.8, 4) is 33.7 Å². The summed E-state index contributed by atoms with van der Waals surface area (Å²) < 4.78 is 47.5. The van der Waals surface area contributed by atoms with Crippen molar-refractivity contribution in [2.45, 2.75) is 0 Å². The number of aromatic nitrogens is 1. The second-order valence-corrected chi connectivity index (χ2v) is 12.7. The molecule has 6 aromatic rings. The van der Waals surface area contributed by atoms with E-state index in [2.05, 4.69) is 26.2 Å². The number of nitrogens with zero attached hydrogens (tertiary/aromatic N) is 1. The van der Waals surface area contributed by atoms with Gasteiger partial charge >= 0.3 is 0 Å². The van der Waals surface area contributed by atoms with E-state index in [-0.39, 0.29) is 17.2 Å². The molecule has 0 saturated heterocycles. The van der Waals surface area contributed by atoms with Gasteiger partial charge in [0, 0.05) is 47.6 Å². The molecule has 2 N–H and O–H groups in total. The zero-order chi connectivity index (χ0) is 29.8. The van der Waals surface area contributed by atoms with Gasteiger partial charge in [-0.1, -0.05) is 36.4 Å². The van der Waals surface area contributed by atoms with Crippen LogP contribution < -0.4 is 9.62 Å². The first-order valence-electron chi connectivity index (χ1n) is 13.0. The van der Waals surface area contributed by atoms with Crippen LogP contribution in [-0.2, 0) is 10.0 Å². The number of para-hydroxylation sites is 1. The van der Waals surface area contributed by atoms with Crippen LogP contribution in [0.3, 0.4) is 0 Å². The van der Waals surface area contributed by atoms with Crippen LogP contribution in [0.15, 0.2) is 93.8 Å². The Hall–Kier alpha value is -4.41. The van der Waals surface area contributed by atoms with Gasteiger partial charge in [-0.2, -0.15) is 0 Å². The Labute approximate surface area is 250 Å². The number of carbonyl (C=O) groups is 1. The van der Waals surface area contributed by atoms with Gasteiger partial charge in [0.25, 0.3) is 5.91 Å². The predicted molar refractivity (Wildman–Crippen MR) is 169 cm³/mol. The number of rotatable bonds is 6.